The van der Waals surface area contributed by atoms with E-state index in [0.29, 0.717) is 17.6 Å². The van der Waals surface area contributed by atoms with Crippen molar-refractivity contribution in [2.75, 3.05) is 0 Å². The summed E-state index contributed by atoms with van der Waals surface area (Å²) in [6, 6.07) is 12.3. The highest BCUT2D eigenvalue weighted by molar-refractivity contribution is 5.98. The third kappa shape index (κ3) is 2.86. The van der Waals surface area contributed by atoms with Gasteiger partial charge in [0.15, 0.2) is 5.76 Å². The number of carbonyl (C=O) groups is 1. The minimum atomic E-state index is -0.101. The van der Waals surface area contributed by atoms with Crippen LogP contribution in [0.5, 0.6) is 0 Å². The van der Waals surface area contributed by atoms with Crippen molar-refractivity contribution in [3.8, 4) is 11.1 Å². The lowest BCUT2D eigenvalue weighted by atomic mass is 9.67. The summed E-state index contributed by atoms with van der Waals surface area (Å²) in [5.41, 5.74) is 8.04. The van der Waals surface area contributed by atoms with Crippen LogP contribution in [0.4, 0.5) is 0 Å². The second-order valence-corrected chi connectivity index (χ2v) is 7.21. The Bertz CT molecular complexity index is 695. The van der Waals surface area contributed by atoms with Crippen LogP contribution in [0.1, 0.15) is 42.7 Å². The van der Waals surface area contributed by atoms with E-state index in [0.717, 1.165) is 24.0 Å². The SMILES string of the molecule is NC1CC2CCCC(C1)C2NC(=O)c1occc1-c1ccccc1. The summed E-state index contributed by atoms with van der Waals surface area (Å²) in [5.74, 6) is 1.32. The summed E-state index contributed by atoms with van der Waals surface area (Å²) in [6.45, 7) is 0. The lowest BCUT2D eigenvalue weighted by molar-refractivity contribution is 0.0733. The fourth-order valence-corrected chi connectivity index (χ4v) is 4.57. The third-order valence-electron chi connectivity index (χ3n) is 5.63. The van der Waals surface area contributed by atoms with Gasteiger partial charge in [0.05, 0.1) is 6.26 Å². The number of amides is 1. The largest absolute Gasteiger partial charge is 0.459 e. The van der Waals surface area contributed by atoms with Crippen molar-refractivity contribution < 1.29 is 9.21 Å². The third-order valence-corrected chi connectivity index (χ3v) is 5.63. The number of fused-ring (bicyclic) bond motifs is 2. The minimum Gasteiger partial charge on any atom is -0.459 e. The van der Waals surface area contributed by atoms with E-state index in [1.165, 1.54) is 19.3 Å². The Hall–Kier alpha value is -2.07. The Labute approximate surface area is 142 Å². The Kier molecular flexibility index (Phi) is 4.15. The van der Waals surface area contributed by atoms with E-state index in [-0.39, 0.29) is 18.0 Å². The molecule has 3 N–H and O–H groups in total. The zero-order valence-corrected chi connectivity index (χ0v) is 13.8. The minimum absolute atomic E-state index is 0.101. The lowest BCUT2D eigenvalue weighted by Crippen LogP contribution is -2.53. The summed E-state index contributed by atoms with van der Waals surface area (Å²) < 4.78 is 5.53. The van der Waals surface area contributed by atoms with Gasteiger partial charge in [-0.05, 0) is 49.1 Å². The van der Waals surface area contributed by atoms with E-state index in [9.17, 15) is 4.79 Å². The highest BCUT2D eigenvalue weighted by Gasteiger charge is 2.40. The Balaban J connectivity index is 1.54. The van der Waals surface area contributed by atoms with Crippen LogP contribution in [0.3, 0.4) is 0 Å². The number of furan rings is 1. The van der Waals surface area contributed by atoms with E-state index >= 15 is 0 Å². The van der Waals surface area contributed by atoms with Gasteiger partial charge in [-0.25, -0.2) is 0 Å². The molecule has 1 amide bonds. The molecule has 2 saturated carbocycles. The van der Waals surface area contributed by atoms with E-state index in [1.54, 1.807) is 6.26 Å². The monoisotopic (exact) mass is 324 g/mol. The Morgan fingerprint density at radius 3 is 2.50 bits per heavy atom. The summed E-state index contributed by atoms with van der Waals surface area (Å²) >= 11 is 0. The quantitative estimate of drug-likeness (QED) is 0.906. The van der Waals surface area contributed by atoms with Crippen molar-refractivity contribution in [2.24, 2.45) is 17.6 Å². The van der Waals surface area contributed by atoms with Crippen LogP contribution in [0, 0.1) is 11.8 Å². The summed E-state index contributed by atoms with van der Waals surface area (Å²) in [5, 5.41) is 3.27. The molecule has 2 bridgehead atoms. The number of nitrogens with two attached hydrogens (primary N) is 1. The van der Waals surface area contributed by atoms with Crippen LogP contribution in [-0.2, 0) is 0 Å². The summed E-state index contributed by atoms with van der Waals surface area (Å²) in [4.78, 5) is 12.8. The molecule has 2 aliphatic rings. The molecule has 1 heterocycles. The van der Waals surface area contributed by atoms with Gasteiger partial charge in [-0.2, -0.15) is 0 Å². The van der Waals surface area contributed by atoms with Gasteiger partial charge in [-0.3, -0.25) is 4.79 Å². The molecule has 4 heteroatoms. The van der Waals surface area contributed by atoms with Crippen LogP contribution in [0.2, 0.25) is 0 Å². The maximum atomic E-state index is 12.8. The molecule has 1 aromatic heterocycles. The normalized spacial score (nSPS) is 29.2. The van der Waals surface area contributed by atoms with Crippen LogP contribution >= 0.6 is 0 Å². The second-order valence-electron chi connectivity index (χ2n) is 7.21. The molecule has 4 nitrogen and oxygen atoms in total. The lowest BCUT2D eigenvalue weighted by Gasteiger charge is -2.45. The zero-order valence-electron chi connectivity index (χ0n) is 13.8. The van der Waals surface area contributed by atoms with Gasteiger partial charge in [0.25, 0.3) is 5.91 Å². The van der Waals surface area contributed by atoms with Gasteiger partial charge in [0.2, 0.25) is 0 Å². The molecule has 126 valence electrons. The van der Waals surface area contributed by atoms with Gasteiger partial charge in [0, 0.05) is 17.6 Å². The predicted octanol–water partition coefficient (Wildman–Crippen LogP) is 3.58. The highest BCUT2D eigenvalue weighted by Crippen LogP contribution is 2.40. The Morgan fingerprint density at radius 2 is 1.79 bits per heavy atom. The summed E-state index contributed by atoms with van der Waals surface area (Å²) in [7, 11) is 0. The fourth-order valence-electron chi connectivity index (χ4n) is 4.57. The average molecular weight is 324 g/mol. The van der Waals surface area contributed by atoms with Gasteiger partial charge >= 0.3 is 0 Å². The Morgan fingerprint density at radius 1 is 1.08 bits per heavy atom. The maximum Gasteiger partial charge on any atom is 0.287 e. The molecule has 2 aromatic rings. The molecule has 0 radical (unpaired) electrons. The van der Waals surface area contributed by atoms with E-state index in [4.69, 9.17) is 10.2 Å². The number of hydrogen-bond donors (Lipinski definition) is 2. The van der Waals surface area contributed by atoms with Crippen LogP contribution < -0.4 is 11.1 Å². The van der Waals surface area contributed by atoms with Crippen LogP contribution in [0.15, 0.2) is 47.1 Å². The molecule has 0 saturated heterocycles. The summed E-state index contributed by atoms with van der Waals surface area (Å²) in [6.07, 6.45) is 7.22. The predicted molar refractivity (Wildman–Crippen MR) is 93.4 cm³/mol. The van der Waals surface area contributed by atoms with Crippen molar-refractivity contribution in [3.05, 3.63) is 48.4 Å². The molecule has 2 unspecified atom stereocenters. The molecule has 24 heavy (non-hydrogen) atoms. The smallest absolute Gasteiger partial charge is 0.287 e. The molecule has 2 aliphatic carbocycles. The molecule has 2 atom stereocenters. The first-order valence-corrected chi connectivity index (χ1v) is 8.91. The van der Waals surface area contributed by atoms with Gasteiger partial charge in [0.1, 0.15) is 0 Å². The fraction of sp³-hybridized carbons (Fsp3) is 0.450. The second kappa shape index (κ2) is 6.44. The van der Waals surface area contributed by atoms with Crippen LogP contribution in [-0.4, -0.2) is 18.0 Å². The molecule has 4 rings (SSSR count). The zero-order chi connectivity index (χ0) is 16.5. The maximum absolute atomic E-state index is 12.8. The van der Waals surface area contributed by atoms with E-state index in [1.807, 2.05) is 36.4 Å². The topological polar surface area (TPSA) is 68.3 Å². The van der Waals surface area contributed by atoms with Crippen molar-refractivity contribution in [3.63, 3.8) is 0 Å². The number of rotatable bonds is 3. The molecular formula is C20H24N2O2. The molecular weight excluding hydrogens is 300 g/mol. The highest BCUT2D eigenvalue weighted by atomic mass is 16.3. The number of benzene rings is 1. The van der Waals surface area contributed by atoms with Crippen molar-refractivity contribution in [1.82, 2.24) is 5.32 Å². The van der Waals surface area contributed by atoms with Crippen molar-refractivity contribution in [2.45, 2.75) is 44.2 Å². The molecule has 1 aromatic carbocycles. The van der Waals surface area contributed by atoms with Gasteiger partial charge in [-0.1, -0.05) is 36.8 Å². The van der Waals surface area contributed by atoms with E-state index < -0.39 is 0 Å². The van der Waals surface area contributed by atoms with Gasteiger partial charge < -0.3 is 15.5 Å². The van der Waals surface area contributed by atoms with Crippen LogP contribution in [0.25, 0.3) is 11.1 Å². The molecule has 2 fully saturated rings. The molecule has 0 spiro atoms. The average Bonchev–Trinajstić information content (AvgIpc) is 3.06. The first-order chi connectivity index (χ1) is 11.7. The number of carbonyl (C=O) groups excluding carboxylic acids is 1. The number of nitrogens with one attached hydrogen (secondary N) is 1. The standard InChI is InChI=1S/C20H24N2O2/c21-16-11-14-7-4-8-15(12-16)18(14)22-20(23)19-17(9-10-24-19)13-5-2-1-3-6-13/h1-3,5-6,9-10,14-16,18H,4,7-8,11-12,21H2,(H,22,23). The first-order valence-electron chi connectivity index (χ1n) is 8.91. The number of hydrogen-bond acceptors (Lipinski definition) is 3. The van der Waals surface area contributed by atoms with E-state index in [2.05, 4.69) is 5.32 Å². The van der Waals surface area contributed by atoms with Crippen molar-refractivity contribution in [1.29, 1.82) is 0 Å². The van der Waals surface area contributed by atoms with Crippen molar-refractivity contribution >= 4 is 5.91 Å². The molecule has 0 aliphatic heterocycles. The van der Waals surface area contributed by atoms with Gasteiger partial charge in [-0.15, -0.1) is 0 Å². The first kappa shape index (κ1) is 15.5.